The second-order valence-corrected chi connectivity index (χ2v) is 11.9. The van der Waals surface area contributed by atoms with Crippen LogP contribution in [0.15, 0.2) is 43.0 Å². The lowest BCUT2D eigenvalue weighted by molar-refractivity contribution is -0.659. The Bertz CT molecular complexity index is 1350. The average Bonchev–Trinajstić information content (AvgIpc) is 3.62. The number of benzene rings is 1. The lowest BCUT2D eigenvalue weighted by Crippen LogP contribution is -2.90. The van der Waals surface area contributed by atoms with E-state index < -0.39 is 56.6 Å². The van der Waals surface area contributed by atoms with Crippen LogP contribution in [-0.2, 0) is 25.8 Å². The van der Waals surface area contributed by atoms with Gasteiger partial charge in [0, 0.05) is 11.5 Å². The highest BCUT2D eigenvalue weighted by Gasteiger charge is 2.44. The van der Waals surface area contributed by atoms with Gasteiger partial charge in [-0.1, -0.05) is 18.2 Å². The number of fused-ring (bicyclic) bond motifs is 1. The molecule has 0 unspecified atom stereocenters. The molecular formula is C25H30F3N4O5S+. The molecule has 1 saturated heterocycles. The van der Waals surface area contributed by atoms with E-state index in [1.807, 2.05) is 0 Å². The molecule has 2 aliphatic rings. The highest BCUT2D eigenvalue weighted by atomic mass is 32.2. The lowest BCUT2D eigenvalue weighted by Gasteiger charge is -2.29. The van der Waals surface area contributed by atoms with Crippen LogP contribution in [0.3, 0.4) is 0 Å². The average molecular weight is 556 g/mol. The molecule has 1 aromatic carbocycles. The molecule has 1 saturated carbocycles. The molecule has 0 spiro atoms. The van der Waals surface area contributed by atoms with Gasteiger partial charge < -0.3 is 15.4 Å². The summed E-state index contributed by atoms with van der Waals surface area (Å²) in [6, 6.07) is 6.49. The summed E-state index contributed by atoms with van der Waals surface area (Å²) in [7, 11) is -3.81. The van der Waals surface area contributed by atoms with Crippen molar-refractivity contribution in [2.75, 3.05) is 6.54 Å². The summed E-state index contributed by atoms with van der Waals surface area (Å²) in [6.07, 6.45) is -2.07. The van der Waals surface area contributed by atoms with Gasteiger partial charge in [0.15, 0.2) is 12.1 Å². The minimum Gasteiger partial charge on any atom is -0.483 e. The molecule has 206 valence electrons. The van der Waals surface area contributed by atoms with E-state index in [4.69, 9.17) is 4.74 Å². The molecule has 4 rings (SSSR count). The summed E-state index contributed by atoms with van der Waals surface area (Å²) < 4.78 is 72.8. The minimum absolute atomic E-state index is 0.0165. The van der Waals surface area contributed by atoms with Crippen molar-refractivity contribution < 1.29 is 41.2 Å². The van der Waals surface area contributed by atoms with Gasteiger partial charge in [-0.25, -0.2) is 13.4 Å². The zero-order chi connectivity index (χ0) is 27.7. The molecule has 1 aliphatic heterocycles. The predicted octanol–water partition coefficient (Wildman–Crippen LogP) is 1.79. The molecule has 9 nitrogen and oxygen atoms in total. The Hall–Kier alpha value is -3.19. The van der Waals surface area contributed by atoms with E-state index in [1.165, 1.54) is 13.0 Å². The molecular weight excluding hydrogens is 525 g/mol. The quantitative estimate of drug-likeness (QED) is 0.383. The normalized spacial score (nSPS) is 21.5. The van der Waals surface area contributed by atoms with Crippen LogP contribution >= 0.6 is 0 Å². The third-order valence-electron chi connectivity index (χ3n) is 6.75. The Morgan fingerprint density at radius 3 is 2.63 bits per heavy atom. The molecule has 1 aliphatic carbocycles. The lowest BCUT2D eigenvalue weighted by atomic mass is 9.94. The van der Waals surface area contributed by atoms with Crippen LogP contribution in [-0.4, -0.2) is 54.7 Å². The van der Waals surface area contributed by atoms with Crippen molar-refractivity contribution in [3.63, 3.8) is 0 Å². The number of allylic oxidation sites excluding steroid dienone is 1. The maximum atomic E-state index is 13.4. The van der Waals surface area contributed by atoms with Crippen LogP contribution in [0.5, 0.6) is 5.75 Å². The van der Waals surface area contributed by atoms with Crippen LogP contribution in [0, 0.1) is 0 Å². The van der Waals surface area contributed by atoms with Crippen molar-refractivity contribution in [3.05, 3.63) is 48.7 Å². The van der Waals surface area contributed by atoms with Gasteiger partial charge in [-0.2, -0.15) is 13.2 Å². The number of para-hydroxylation sites is 1. The molecule has 0 radical (unpaired) electrons. The first-order chi connectivity index (χ1) is 17.8. The van der Waals surface area contributed by atoms with Gasteiger partial charge in [0.05, 0.1) is 17.2 Å². The van der Waals surface area contributed by atoms with Crippen LogP contribution in [0.1, 0.15) is 44.7 Å². The number of aromatic nitrogens is 1. The number of carbonyl (C=O) groups is 2. The molecule has 38 heavy (non-hydrogen) atoms. The first-order valence-electron chi connectivity index (χ1n) is 12.3. The topological polar surface area (TPSA) is 131 Å². The predicted molar refractivity (Wildman–Crippen MR) is 132 cm³/mol. The number of hydrogen-bond acceptors (Lipinski definition) is 6. The van der Waals surface area contributed by atoms with Crippen molar-refractivity contribution in [2.45, 2.75) is 68.1 Å². The van der Waals surface area contributed by atoms with Gasteiger partial charge >= 0.3 is 6.18 Å². The van der Waals surface area contributed by atoms with Gasteiger partial charge in [-0.15, -0.1) is 6.58 Å². The summed E-state index contributed by atoms with van der Waals surface area (Å²) >= 11 is 0. The molecule has 1 aromatic heterocycles. The third-order valence-corrected chi connectivity index (χ3v) is 8.57. The Balaban J connectivity index is 1.46. The number of nitrogens with one attached hydrogen (secondary N) is 2. The second-order valence-electron chi connectivity index (χ2n) is 9.90. The van der Waals surface area contributed by atoms with Gasteiger partial charge in [-0.3, -0.25) is 14.3 Å². The molecule has 2 aromatic rings. The van der Waals surface area contributed by atoms with Gasteiger partial charge in [0.25, 0.3) is 11.8 Å². The number of rotatable bonds is 10. The number of quaternary nitrogens is 1. The van der Waals surface area contributed by atoms with Crippen LogP contribution in [0.4, 0.5) is 13.2 Å². The van der Waals surface area contributed by atoms with Crippen molar-refractivity contribution >= 4 is 32.7 Å². The number of halogens is 3. The summed E-state index contributed by atoms with van der Waals surface area (Å²) in [4.78, 5) is 29.7. The Labute approximate surface area is 218 Å². The zero-order valence-corrected chi connectivity index (χ0v) is 21.6. The summed E-state index contributed by atoms with van der Waals surface area (Å²) in [5, 5.41) is 4.18. The van der Waals surface area contributed by atoms with Gasteiger partial charge in [0.2, 0.25) is 10.0 Å². The standard InChI is InChI=1S/C25H29F3N4O5S/c1-3-4-11-24(2,23(34)32-38(35,36)16-9-10-16)31-22(33)19-12-15(14-29-19)37-20-13-21(25(26,27)28)30-18-8-6-5-7-17(18)20/h3,5-8,13,15-16,19,29H,1,4,9-12,14H2,2H3,(H,31,33)(H,32,34)/p+1/t15-,19+,24+/m1/s1. The van der Waals surface area contributed by atoms with Crippen LogP contribution < -0.4 is 20.1 Å². The largest absolute Gasteiger partial charge is 0.483 e. The Morgan fingerprint density at radius 1 is 1.26 bits per heavy atom. The molecule has 2 heterocycles. The fourth-order valence-electron chi connectivity index (χ4n) is 4.36. The number of pyridine rings is 1. The number of alkyl halides is 3. The third kappa shape index (κ3) is 6.26. The molecule has 4 N–H and O–H groups in total. The number of ether oxygens (including phenoxy) is 1. The summed E-state index contributed by atoms with van der Waals surface area (Å²) in [6.45, 7) is 5.37. The number of nitrogens with two attached hydrogens (primary N) is 1. The van der Waals surface area contributed by atoms with Crippen LogP contribution in [0.25, 0.3) is 10.9 Å². The highest BCUT2D eigenvalue weighted by molar-refractivity contribution is 7.90. The highest BCUT2D eigenvalue weighted by Crippen LogP contribution is 2.35. The monoisotopic (exact) mass is 555 g/mol. The van der Waals surface area contributed by atoms with E-state index in [0.29, 0.717) is 31.2 Å². The van der Waals surface area contributed by atoms with Crippen molar-refractivity contribution in [2.24, 2.45) is 0 Å². The molecule has 13 heteroatoms. The number of sulfonamides is 1. The zero-order valence-electron chi connectivity index (χ0n) is 20.8. The van der Waals surface area contributed by atoms with Crippen molar-refractivity contribution in [1.82, 2.24) is 15.0 Å². The molecule has 2 fully saturated rings. The Kier molecular flexibility index (Phi) is 7.71. The first-order valence-corrected chi connectivity index (χ1v) is 13.8. The fraction of sp³-hybridized carbons (Fsp3) is 0.480. The second kappa shape index (κ2) is 10.5. The maximum Gasteiger partial charge on any atom is 0.433 e. The van der Waals surface area contributed by atoms with Gasteiger partial charge in [-0.05, 0) is 44.7 Å². The smallest absolute Gasteiger partial charge is 0.433 e. The number of amides is 2. The van der Waals surface area contributed by atoms with E-state index in [2.05, 4.69) is 21.6 Å². The first kappa shape index (κ1) is 27.8. The van der Waals surface area contributed by atoms with Crippen LogP contribution in [0.2, 0.25) is 0 Å². The van der Waals surface area contributed by atoms with Crippen molar-refractivity contribution in [1.29, 1.82) is 0 Å². The van der Waals surface area contributed by atoms with E-state index in [9.17, 15) is 31.2 Å². The van der Waals surface area contributed by atoms with E-state index in [1.54, 1.807) is 29.6 Å². The SMILES string of the molecule is C=CCC[C@](C)(NC(=O)[C@@H]1C[C@@H](Oc2cc(C(F)(F)F)nc3ccccc23)C[NH2+]1)C(=O)NS(=O)(=O)C1CC1. The Morgan fingerprint density at radius 2 is 1.97 bits per heavy atom. The maximum absolute atomic E-state index is 13.4. The van der Waals surface area contributed by atoms with E-state index in [-0.39, 0.29) is 24.1 Å². The van der Waals surface area contributed by atoms with Crippen molar-refractivity contribution in [3.8, 4) is 5.75 Å². The van der Waals surface area contributed by atoms with E-state index in [0.717, 1.165) is 6.07 Å². The minimum atomic E-state index is -4.66. The number of nitrogens with zero attached hydrogens (tertiary/aromatic N) is 1. The summed E-state index contributed by atoms with van der Waals surface area (Å²) in [5.41, 5.74) is -2.45. The molecule has 0 bridgehead atoms. The number of hydrogen-bond donors (Lipinski definition) is 3. The summed E-state index contributed by atoms with van der Waals surface area (Å²) in [5.74, 6) is -1.31. The molecule has 3 atom stereocenters. The molecule has 2 amide bonds. The van der Waals surface area contributed by atoms with Gasteiger partial charge in [0.1, 0.15) is 23.5 Å². The number of carbonyl (C=O) groups excluding carboxylic acids is 2. The fourth-order valence-corrected chi connectivity index (χ4v) is 5.77. The van der Waals surface area contributed by atoms with E-state index >= 15 is 0 Å².